The largest absolute Gasteiger partial charge is 0.400 e. The molecule has 0 radical (unpaired) electrons. The van der Waals surface area contributed by atoms with Crippen LogP contribution in [0.15, 0.2) is 59.8 Å². The van der Waals surface area contributed by atoms with Crippen LogP contribution in [0.5, 0.6) is 0 Å². The maximum Gasteiger partial charge on any atom is 0.180 e. The highest BCUT2D eigenvalue weighted by Gasteiger charge is 2.24. The zero-order chi connectivity index (χ0) is 20.5. The fraction of sp³-hybridized carbons (Fsp3) is 0.190. The van der Waals surface area contributed by atoms with Gasteiger partial charge in [-0.2, -0.15) is 5.26 Å². The first-order chi connectivity index (χ1) is 13.5. The number of benzene rings is 2. The third kappa shape index (κ3) is 5.25. The first-order valence-electron chi connectivity index (χ1n) is 8.64. The number of carbonyl (C=O) groups is 1. The molecule has 3 rings (SSSR count). The molecule has 0 saturated heterocycles. The van der Waals surface area contributed by atoms with Crippen molar-refractivity contribution in [2.24, 2.45) is 5.73 Å². The van der Waals surface area contributed by atoms with Crippen LogP contribution in [0, 0.1) is 22.7 Å². The van der Waals surface area contributed by atoms with Gasteiger partial charge in [0, 0.05) is 28.9 Å². The lowest BCUT2D eigenvalue weighted by atomic mass is 10.0. The summed E-state index contributed by atoms with van der Waals surface area (Å²) in [5.74, 6) is -0.648. The van der Waals surface area contributed by atoms with Crippen LogP contribution in [0.1, 0.15) is 21.5 Å². The summed E-state index contributed by atoms with van der Waals surface area (Å²) in [7, 11) is 1.95. The molecule has 0 atom stereocenters. The number of halogens is 1. The van der Waals surface area contributed by atoms with E-state index in [2.05, 4.69) is 17.4 Å². The Kier molecular flexibility index (Phi) is 7.43. The Hall–Kier alpha value is -3.50. The van der Waals surface area contributed by atoms with Gasteiger partial charge < -0.3 is 16.0 Å². The third-order valence-electron chi connectivity index (χ3n) is 4.16. The quantitative estimate of drug-likeness (QED) is 0.420. The predicted molar refractivity (Wildman–Crippen MR) is 106 cm³/mol. The lowest BCUT2D eigenvalue weighted by Crippen LogP contribution is -2.17. The summed E-state index contributed by atoms with van der Waals surface area (Å²) in [6.45, 7) is 1.42. The van der Waals surface area contributed by atoms with Gasteiger partial charge in [0.25, 0.3) is 0 Å². The molecular weight excluding hydrogens is 357 g/mol. The van der Waals surface area contributed by atoms with Crippen LogP contribution in [0.4, 0.5) is 4.39 Å². The van der Waals surface area contributed by atoms with Gasteiger partial charge in [-0.3, -0.25) is 10.2 Å². The number of nitriles is 1. The second kappa shape index (κ2) is 10.00. The number of nitrogens with one attached hydrogen (secondary N) is 2. The zero-order valence-electron chi connectivity index (χ0n) is 15.6. The van der Waals surface area contributed by atoms with Crippen molar-refractivity contribution in [3.63, 3.8) is 0 Å². The summed E-state index contributed by atoms with van der Waals surface area (Å²) in [4.78, 5) is 11.9. The number of carbonyl (C=O) groups excluding carboxylic acids is 1. The minimum atomic E-state index is -0.648. The number of hydrogen-bond donors (Lipinski definition) is 3. The Labute approximate surface area is 163 Å². The average molecular weight is 379 g/mol. The molecule has 4 N–H and O–H groups in total. The molecule has 2 aromatic rings. The highest BCUT2D eigenvalue weighted by molar-refractivity contribution is 6.12. The second-order valence-corrected chi connectivity index (χ2v) is 6.21. The van der Waals surface area contributed by atoms with Crippen molar-refractivity contribution in [1.29, 1.82) is 10.7 Å². The van der Waals surface area contributed by atoms with Gasteiger partial charge in [0.15, 0.2) is 6.19 Å². The Bertz CT molecular complexity index is 918. The minimum absolute atomic E-state index is 0.0507. The molecule has 0 aromatic heterocycles. The van der Waals surface area contributed by atoms with Crippen molar-refractivity contribution in [2.45, 2.75) is 6.54 Å². The molecule has 7 heteroatoms. The van der Waals surface area contributed by atoms with Gasteiger partial charge in [-0.15, -0.1) is 0 Å². The highest BCUT2D eigenvalue weighted by atomic mass is 19.1. The molecule has 0 amide bonds. The molecule has 144 valence electrons. The van der Waals surface area contributed by atoms with Gasteiger partial charge in [0.1, 0.15) is 12.1 Å². The molecule has 0 fully saturated rings. The molecule has 0 saturated carbocycles. The van der Waals surface area contributed by atoms with Crippen molar-refractivity contribution in [2.75, 3.05) is 20.1 Å². The topological polar surface area (TPSA) is 106 Å². The normalized spacial score (nSPS) is 12.8. The molecule has 0 bridgehead atoms. The predicted octanol–water partition coefficient (Wildman–Crippen LogP) is 2.42. The van der Waals surface area contributed by atoms with Crippen molar-refractivity contribution in [3.05, 3.63) is 82.3 Å². The van der Waals surface area contributed by atoms with E-state index >= 15 is 0 Å². The first-order valence-corrected chi connectivity index (χ1v) is 8.64. The number of hydrogen-bond acceptors (Lipinski definition) is 6. The number of rotatable bonds is 5. The summed E-state index contributed by atoms with van der Waals surface area (Å²) >= 11 is 0. The SMILES string of the molecule is CNCc1ccccc1.N#CN1CC(N)=C(C(=N)c2ccc(C=O)cc2F)C1. The summed E-state index contributed by atoms with van der Waals surface area (Å²) in [6, 6.07) is 14.2. The van der Waals surface area contributed by atoms with E-state index in [1.54, 1.807) is 0 Å². The van der Waals surface area contributed by atoms with E-state index in [0.29, 0.717) is 17.6 Å². The van der Waals surface area contributed by atoms with Gasteiger partial charge in [-0.25, -0.2) is 4.39 Å². The molecular formula is C21H22FN5O. The van der Waals surface area contributed by atoms with Crippen molar-refractivity contribution < 1.29 is 9.18 Å². The van der Waals surface area contributed by atoms with Crippen LogP contribution in [0.2, 0.25) is 0 Å². The third-order valence-corrected chi connectivity index (χ3v) is 4.16. The van der Waals surface area contributed by atoms with Crippen LogP contribution in [-0.4, -0.2) is 37.0 Å². The zero-order valence-corrected chi connectivity index (χ0v) is 15.6. The Morgan fingerprint density at radius 1 is 1.32 bits per heavy atom. The lowest BCUT2D eigenvalue weighted by molar-refractivity contribution is 0.112. The van der Waals surface area contributed by atoms with Gasteiger partial charge in [-0.05, 0) is 24.7 Å². The van der Waals surface area contributed by atoms with Crippen molar-refractivity contribution in [3.8, 4) is 6.19 Å². The summed E-state index contributed by atoms with van der Waals surface area (Å²) in [5.41, 5.74) is 8.16. The minimum Gasteiger partial charge on any atom is -0.400 e. The molecule has 6 nitrogen and oxygen atoms in total. The molecule has 1 heterocycles. The molecule has 1 aliphatic heterocycles. The molecule has 0 unspecified atom stereocenters. The smallest absolute Gasteiger partial charge is 0.180 e. The Morgan fingerprint density at radius 3 is 2.57 bits per heavy atom. The fourth-order valence-electron chi connectivity index (χ4n) is 2.73. The maximum atomic E-state index is 13.8. The average Bonchev–Trinajstić information content (AvgIpc) is 3.10. The van der Waals surface area contributed by atoms with Crippen LogP contribution in [-0.2, 0) is 6.54 Å². The van der Waals surface area contributed by atoms with Crippen LogP contribution < -0.4 is 11.1 Å². The van der Waals surface area contributed by atoms with Crippen LogP contribution >= 0.6 is 0 Å². The number of nitrogens with zero attached hydrogens (tertiary/aromatic N) is 2. The number of aldehydes is 1. The van der Waals surface area contributed by atoms with Gasteiger partial charge in [0.2, 0.25) is 0 Å². The summed E-state index contributed by atoms with van der Waals surface area (Å²) in [6.07, 6.45) is 2.48. The Balaban J connectivity index is 0.000000261. The van der Waals surface area contributed by atoms with E-state index in [0.717, 1.165) is 12.6 Å². The standard InChI is InChI=1S/C13H11FN4O.C8H11N/c14-11-3-8(6-19)1-2-9(11)13(17)10-4-18(7-15)5-12(10)16;1-9-7-8-5-3-2-4-6-8/h1-3,6,17H,4-5,16H2;2-6,9H,7H2,1H3. The van der Waals surface area contributed by atoms with E-state index in [1.165, 1.54) is 22.6 Å². The second-order valence-electron chi connectivity index (χ2n) is 6.21. The van der Waals surface area contributed by atoms with Gasteiger partial charge >= 0.3 is 0 Å². The molecule has 2 aromatic carbocycles. The highest BCUT2D eigenvalue weighted by Crippen LogP contribution is 2.20. The van der Waals surface area contributed by atoms with Gasteiger partial charge in [0.05, 0.1) is 18.8 Å². The lowest BCUT2D eigenvalue weighted by Gasteiger charge is -2.09. The molecule has 28 heavy (non-hydrogen) atoms. The van der Waals surface area contributed by atoms with Crippen molar-refractivity contribution >= 4 is 12.0 Å². The molecule has 0 spiro atoms. The van der Waals surface area contributed by atoms with E-state index in [-0.39, 0.29) is 29.9 Å². The van der Waals surface area contributed by atoms with E-state index in [9.17, 15) is 9.18 Å². The fourth-order valence-corrected chi connectivity index (χ4v) is 2.73. The van der Waals surface area contributed by atoms with Crippen LogP contribution in [0.25, 0.3) is 0 Å². The summed E-state index contributed by atoms with van der Waals surface area (Å²) in [5, 5.41) is 19.9. The summed E-state index contributed by atoms with van der Waals surface area (Å²) < 4.78 is 13.8. The molecule has 0 aliphatic carbocycles. The molecule has 1 aliphatic rings. The first kappa shape index (κ1) is 20.8. The van der Waals surface area contributed by atoms with E-state index in [1.807, 2.05) is 31.4 Å². The van der Waals surface area contributed by atoms with Crippen LogP contribution in [0.3, 0.4) is 0 Å². The monoisotopic (exact) mass is 379 g/mol. The maximum absolute atomic E-state index is 13.8. The van der Waals surface area contributed by atoms with Gasteiger partial charge in [-0.1, -0.05) is 36.4 Å². The number of nitrogens with two attached hydrogens (primary N) is 1. The van der Waals surface area contributed by atoms with Crippen molar-refractivity contribution in [1.82, 2.24) is 10.2 Å². The van der Waals surface area contributed by atoms with E-state index in [4.69, 9.17) is 16.4 Å². The Morgan fingerprint density at radius 2 is 2.04 bits per heavy atom. The van der Waals surface area contributed by atoms with E-state index < -0.39 is 5.82 Å².